The molecular weight excluding hydrogens is 347 g/mol. The third-order valence-corrected chi connectivity index (χ3v) is 4.94. The molecule has 1 aliphatic heterocycles. The van der Waals surface area contributed by atoms with Gasteiger partial charge in [0.15, 0.2) is 11.6 Å². The lowest BCUT2D eigenvalue weighted by Crippen LogP contribution is -2.31. The molecule has 2 aromatic heterocycles. The molecule has 0 atom stereocenters. The second-order valence-electron chi connectivity index (χ2n) is 6.84. The average Bonchev–Trinajstić information content (AvgIpc) is 2.93. The zero-order valence-corrected chi connectivity index (χ0v) is 15.6. The molecule has 8 heteroatoms. The minimum Gasteiger partial charge on any atom is -0.494 e. The van der Waals surface area contributed by atoms with Gasteiger partial charge in [-0.25, -0.2) is 14.4 Å². The van der Waals surface area contributed by atoms with Crippen molar-refractivity contribution in [3.8, 4) is 5.75 Å². The molecule has 0 N–H and O–H groups in total. The number of aromatic nitrogens is 4. The predicted molar refractivity (Wildman–Crippen MR) is 101 cm³/mol. The normalized spacial score (nSPS) is 15.9. The number of halogens is 1. The third-order valence-electron chi connectivity index (χ3n) is 4.94. The summed E-state index contributed by atoms with van der Waals surface area (Å²) in [5.74, 6) is 0.640. The number of methoxy groups -OCH3 is 1. The smallest absolute Gasteiger partial charge is 0.167 e. The molecule has 0 aliphatic carbocycles. The minimum atomic E-state index is -0.409. The van der Waals surface area contributed by atoms with Gasteiger partial charge in [-0.05, 0) is 12.5 Å². The van der Waals surface area contributed by atoms with E-state index in [4.69, 9.17) is 4.74 Å². The van der Waals surface area contributed by atoms with E-state index in [9.17, 15) is 4.39 Å². The van der Waals surface area contributed by atoms with Crippen LogP contribution >= 0.6 is 0 Å². The molecule has 4 rings (SSSR count). The van der Waals surface area contributed by atoms with Crippen molar-refractivity contribution in [3.63, 3.8) is 0 Å². The fraction of sp³-hybridized carbons (Fsp3) is 0.421. The molecule has 1 fully saturated rings. The number of ether oxygens (including phenoxy) is 1. The van der Waals surface area contributed by atoms with Crippen molar-refractivity contribution < 1.29 is 9.13 Å². The molecule has 142 valence electrons. The second kappa shape index (κ2) is 7.48. The summed E-state index contributed by atoms with van der Waals surface area (Å²) in [5, 5.41) is 5.06. The number of fused-ring (bicyclic) bond motifs is 1. The molecule has 3 heterocycles. The maximum atomic E-state index is 14.0. The maximum Gasteiger partial charge on any atom is 0.167 e. The number of benzene rings is 1. The van der Waals surface area contributed by atoms with Gasteiger partial charge in [-0.15, -0.1) is 0 Å². The van der Waals surface area contributed by atoms with Crippen LogP contribution in [-0.2, 0) is 13.6 Å². The van der Waals surface area contributed by atoms with Crippen molar-refractivity contribution in [2.24, 2.45) is 7.05 Å². The quantitative estimate of drug-likeness (QED) is 0.702. The minimum absolute atomic E-state index is 0.214. The Morgan fingerprint density at radius 3 is 2.81 bits per heavy atom. The molecule has 7 nitrogen and oxygen atoms in total. The van der Waals surface area contributed by atoms with E-state index in [0.29, 0.717) is 5.52 Å². The molecule has 1 aliphatic rings. The van der Waals surface area contributed by atoms with Crippen molar-refractivity contribution in [2.75, 3.05) is 38.2 Å². The fourth-order valence-electron chi connectivity index (χ4n) is 3.61. The van der Waals surface area contributed by atoms with E-state index in [1.807, 2.05) is 17.9 Å². The van der Waals surface area contributed by atoms with Gasteiger partial charge >= 0.3 is 0 Å². The maximum absolute atomic E-state index is 14.0. The lowest BCUT2D eigenvalue weighted by Gasteiger charge is -2.23. The summed E-state index contributed by atoms with van der Waals surface area (Å²) in [6.45, 7) is 4.59. The first-order valence-electron chi connectivity index (χ1n) is 9.07. The van der Waals surface area contributed by atoms with E-state index < -0.39 is 5.82 Å². The topological polar surface area (TPSA) is 59.3 Å². The Morgan fingerprint density at radius 2 is 2.04 bits per heavy atom. The highest BCUT2D eigenvalue weighted by Crippen LogP contribution is 2.29. The van der Waals surface area contributed by atoms with E-state index in [1.165, 1.54) is 25.1 Å². The van der Waals surface area contributed by atoms with Crippen LogP contribution in [0.15, 0.2) is 30.9 Å². The third kappa shape index (κ3) is 3.71. The molecule has 1 saturated heterocycles. The van der Waals surface area contributed by atoms with E-state index in [-0.39, 0.29) is 5.75 Å². The van der Waals surface area contributed by atoms with Crippen LogP contribution in [0, 0.1) is 5.82 Å². The Labute approximate surface area is 157 Å². The largest absolute Gasteiger partial charge is 0.494 e. The fourth-order valence-corrected chi connectivity index (χ4v) is 3.61. The Morgan fingerprint density at radius 1 is 1.15 bits per heavy atom. The van der Waals surface area contributed by atoms with Crippen LogP contribution in [0.4, 0.5) is 10.2 Å². The first-order valence-corrected chi connectivity index (χ1v) is 9.07. The Balaban J connectivity index is 1.55. The standard InChI is InChI=1S/C19H23FN6O/c1-24-11-14(10-23-24)12-25-4-3-5-26(7-6-25)19-15-8-18(27-2)16(20)9-17(15)21-13-22-19/h8-11,13H,3-7,12H2,1-2H3. The summed E-state index contributed by atoms with van der Waals surface area (Å²) < 4.78 is 21.0. The number of nitrogens with zero attached hydrogens (tertiary/aromatic N) is 6. The molecule has 0 spiro atoms. The van der Waals surface area contributed by atoms with Gasteiger partial charge in [-0.3, -0.25) is 9.58 Å². The lowest BCUT2D eigenvalue weighted by atomic mass is 10.2. The second-order valence-corrected chi connectivity index (χ2v) is 6.84. The van der Waals surface area contributed by atoms with E-state index in [0.717, 1.165) is 50.3 Å². The van der Waals surface area contributed by atoms with E-state index in [2.05, 4.69) is 31.1 Å². The number of hydrogen-bond donors (Lipinski definition) is 0. The van der Waals surface area contributed by atoms with Crippen molar-refractivity contribution in [3.05, 3.63) is 42.2 Å². The van der Waals surface area contributed by atoms with Gasteiger partial charge in [0.1, 0.15) is 12.1 Å². The van der Waals surface area contributed by atoms with Gasteiger partial charge in [0, 0.05) is 63.0 Å². The summed E-state index contributed by atoms with van der Waals surface area (Å²) in [6, 6.07) is 3.10. The predicted octanol–water partition coefficient (Wildman–Crippen LogP) is 2.22. The summed E-state index contributed by atoms with van der Waals surface area (Å²) in [5.41, 5.74) is 1.81. The van der Waals surface area contributed by atoms with Crippen molar-refractivity contribution >= 4 is 16.7 Å². The van der Waals surface area contributed by atoms with Crippen LogP contribution in [0.25, 0.3) is 10.9 Å². The zero-order chi connectivity index (χ0) is 18.8. The van der Waals surface area contributed by atoms with Gasteiger partial charge < -0.3 is 9.64 Å². The van der Waals surface area contributed by atoms with Crippen LogP contribution in [0.1, 0.15) is 12.0 Å². The monoisotopic (exact) mass is 370 g/mol. The summed E-state index contributed by atoms with van der Waals surface area (Å²) in [6.07, 6.45) is 6.51. The van der Waals surface area contributed by atoms with Gasteiger partial charge in [0.05, 0.1) is 18.8 Å². The molecule has 0 amide bonds. The Kier molecular flexibility index (Phi) is 4.89. The molecule has 27 heavy (non-hydrogen) atoms. The van der Waals surface area contributed by atoms with E-state index in [1.54, 1.807) is 6.07 Å². The van der Waals surface area contributed by atoms with Crippen molar-refractivity contribution in [1.82, 2.24) is 24.6 Å². The number of anilines is 1. The number of hydrogen-bond acceptors (Lipinski definition) is 6. The molecule has 0 bridgehead atoms. The van der Waals surface area contributed by atoms with Crippen molar-refractivity contribution in [1.29, 1.82) is 0 Å². The van der Waals surface area contributed by atoms with Crippen LogP contribution in [-0.4, -0.2) is 57.9 Å². The van der Waals surface area contributed by atoms with Gasteiger partial charge in [-0.2, -0.15) is 5.10 Å². The Bertz CT molecular complexity index is 943. The molecule has 3 aromatic rings. The summed E-state index contributed by atoms with van der Waals surface area (Å²) >= 11 is 0. The van der Waals surface area contributed by atoms with Crippen LogP contribution in [0.3, 0.4) is 0 Å². The van der Waals surface area contributed by atoms with Crippen molar-refractivity contribution in [2.45, 2.75) is 13.0 Å². The molecule has 0 unspecified atom stereocenters. The number of aryl methyl sites for hydroxylation is 1. The molecule has 1 aromatic carbocycles. The highest BCUT2D eigenvalue weighted by Gasteiger charge is 2.19. The molecule has 0 radical (unpaired) electrons. The zero-order valence-electron chi connectivity index (χ0n) is 15.6. The van der Waals surface area contributed by atoms with Crippen LogP contribution in [0.5, 0.6) is 5.75 Å². The SMILES string of the molecule is COc1cc2c(N3CCCN(Cc4cnn(C)c4)CC3)ncnc2cc1F. The van der Waals surface area contributed by atoms with Gasteiger partial charge in [-0.1, -0.05) is 0 Å². The first-order chi connectivity index (χ1) is 13.1. The summed E-state index contributed by atoms with van der Waals surface area (Å²) in [4.78, 5) is 13.4. The first kappa shape index (κ1) is 17.7. The van der Waals surface area contributed by atoms with Crippen LogP contribution in [0.2, 0.25) is 0 Å². The highest BCUT2D eigenvalue weighted by atomic mass is 19.1. The number of rotatable bonds is 4. The molecular formula is C19H23FN6O. The highest BCUT2D eigenvalue weighted by molar-refractivity contribution is 5.90. The lowest BCUT2D eigenvalue weighted by molar-refractivity contribution is 0.285. The summed E-state index contributed by atoms with van der Waals surface area (Å²) in [7, 11) is 3.40. The van der Waals surface area contributed by atoms with Gasteiger partial charge in [0.25, 0.3) is 0 Å². The Hall–Kier alpha value is -2.74. The van der Waals surface area contributed by atoms with Crippen LogP contribution < -0.4 is 9.64 Å². The molecule has 0 saturated carbocycles. The average molecular weight is 370 g/mol. The van der Waals surface area contributed by atoms with Gasteiger partial charge in [0.2, 0.25) is 0 Å². The van der Waals surface area contributed by atoms with E-state index >= 15 is 0 Å².